The van der Waals surface area contributed by atoms with Crippen molar-refractivity contribution < 1.29 is 4.79 Å². The fourth-order valence-corrected chi connectivity index (χ4v) is 3.92. The van der Waals surface area contributed by atoms with Gasteiger partial charge in [0.05, 0.1) is 5.75 Å². The van der Waals surface area contributed by atoms with Crippen LogP contribution in [0.5, 0.6) is 0 Å². The van der Waals surface area contributed by atoms with E-state index in [0.29, 0.717) is 22.2 Å². The summed E-state index contributed by atoms with van der Waals surface area (Å²) >= 11 is 2.84. The minimum Gasteiger partial charge on any atom is -0.357 e. The lowest BCUT2D eigenvalue weighted by atomic mass is 10.1. The van der Waals surface area contributed by atoms with E-state index < -0.39 is 0 Å². The van der Waals surface area contributed by atoms with Crippen LogP contribution in [0.25, 0.3) is 10.9 Å². The molecule has 1 aromatic carbocycles. The number of hydrogen-bond donors (Lipinski definition) is 2. The highest BCUT2D eigenvalue weighted by molar-refractivity contribution is 7.99. The monoisotopic (exact) mass is 388 g/mol. The number of nitrogens with one attached hydrogen (secondary N) is 2. The topological polar surface area (TPSA) is 87.7 Å². The molecule has 0 unspecified atom stereocenters. The molecule has 0 atom stereocenters. The van der Waals surface area contributed by atoms with Gasteiger partial charge in [0.25, 0.3) is 0 Å². The molecule has 0 bridgehead atoms. The van der Waals surface area contributed by atoms with Gasteiger partial charge < -0.3 is 4.98 Å². The number of carbonyl (C=O) groups excluding carboxylic acids is 1. The molecule has 1 amide bonds. The fraction of sp³-hybridized carbons (Fsp3) is 0.333. The Morgan fingerprint density at radius 1 is 1.31 bits per heavy atom. The lowest BCUT2D eigenvalue weighted by molar-refractivity contribution is -0.113. The van der Waals surface area contributed by atoms with Crippen LogP contribution in [0.3, 0.4) is 0 Å². The number of H-pyrrole nitrogens is 1. The predicted octanol–water partition coefficient (Wildman–Crippen LogP) is 3.68. The summed E-state index contributed by atoms with van der Waals surface area (Å²) < 4.78 is 0. The molecule has 0 aliphatic heterocycles. The Kier molecular flexibility index (Phi) is 5.73. The molecule has 0 aliphatic rings. The molecule has 136 valence electrons. The van der Waals surface area contributed by atoms with E-state index in [1.807, 2.05) is 39.0 Å². The van der Waals surface area contributed by atoms with Crippen molar-refractivity contribution in [3.8, 4) is 0 Å². The molecule has 0 radical (unpaired) electrons. The number of hydrogen-bond acceptors (Lipinski definition) is 6. The quantitative estimate of drug-likeness (QED) is 0.672. The first-order valence-corrected chi connectivity index (χ1v) is 10.2. The Hall–Kier alpha value is -2.19. The smallest absolute Gasteiger partial charge is 0.236 e. The number of rotatable bonds is 6. The third-order valence-electron chi connectivity index (χ3n) is 3.71. The van der Waals surface area contributed by atoms with Crippen molar-refractivity contribution >= 4 is 45.0 Å². The highest BCUT2D eigenvalue weighted by atomic mass is 32.2. The molecule has 0 fully saturated rings. The van der Waals surface area contributed by atoms with E-state index in [1.54, 1.807) is 6.07 Å². The van der Waals surface area contributed by atoms with Crippen LogP contribution in [0, 0.1) is 6.92 Å². The molecule has 0 aliphatic carbocycles. The summed E-state index contributed by atoms with van der Waals surface area (Å²) in [5.74, 6) is 1.01. The summed E-state index contributed by atoms with van der Waals surface area (Å²) in [4.78, 5) is 27.5. The van der Waals surface area contributed by atoms with Crippen molar-refractivity contribution in [2.24, 2.45) is 0 Å². The van der Waals surface area contributed by atoms with Gasteiger partial charge in [0, 0.05) is 34.3 Å². The molecule has 2 heterocycles. The molecular formula is C18H20N4O2S2. The average Bonchev–Trinajstić information content (AvgIpc) is 3.03. The van der Waals surface area contributed by atoms with E-state index in [4.69, 9.17) is 0 Å². The highest BCUT2D eigenvalue weighted by Gasteiger charge is 2.11. The first-order valence-electron chi connectivity index (χ1n) is 8.26. The summed E-state index contributed by atoms with van der Waals surface area (Å²) in [5, 5.41) is 12.9. The number of benzene rings is 1. The molecule has 0 saturated carbocycles. The van der Waals surface area contributed by atoms with Crippen LogP contribution in [0.1, 0.15) is 36.0 Å². The number of aryl methyl sites for hydroxylation is 1. The van der Waals surface area contributed by atoms with Crippen LogP contribution < -0.4 is 10.7 Å². The molecule has 0 saturated heterocycles. The van der Waals surface area contributed by atoms with Crippen molar-refractivity contribution in [1.29, 1.82) is 0 Å². The predicted molar refractivity (Wildman–Crippen MR) is 108 cm³/mol. The number of amides is 1. The van der Waals surface area contributed by atoms with Gasteiger partial charge >= 0.3 is 0 Å². The Balaban J connectivity index is 1.58. The second-order valence-corrected chi connectivity index (χ2v) is 8.34. The van der Waals surface area contributed by atoms with Gasteiger partial charge in [-0.2, -0.15) is 0 Å². The van der Waals surface area contributed by atoms with Gasteiger partial charge in [0.1, 0.15) is 5.01 Å². The highest BCUT2D eigenvalue weighted by Crippen LogP contribution is 2.22. The first kappa shape index (κ1) is 18.6. The van der Waals surface area contributed by atoms with Crippen LogP contribution in [0.15, 0.2) is 29.1 Å². The maximum absolute atomic E-state index is 12.2. The molecule has 8 heteroatoms. The Labute approximate surface area is 159 Å². The van der Waals surface area contributed by atoms with Gasteiger partial charge in [-0.25, -0.2) is 0 Å². The molecule has 3 aromatic rings. The van der Waals surface area contributed by atoms with Crippen LogP contribution in [0.2, 0.25) is 0 Å². The van der Waals surface area contributed by atoms with E-state index in [-0.39, 0.29) is 17.1 Å². The van der Waals surface area contributed by atoms with Gasteiger partial charge in [-0.05, 0) is 24.6 Å². The summed E-state index contributed by atoms with van der Waals surface area (Å²) in [6.07, 6.45) is 0. The van der Waals surface area contributed by atoms with Gasteiger partial charge in [-0.15, -0.1) is 22.0 Å². The normalized spacial score (nSPS) is 11.2. The second kappa shape index (κ2) is 8.01. The van der Waals surface area contributed by atoms with E-state index in [1.165, 1.54) is 23.1 Å². The number of pyridine rings is 1. The van der Waals surface area contributed by atoms with E-state index in [0.717, 1.165) is 21.8 Å². The zero-order chi connectivity index (χ0) is 18.7. The summed E-state index contributed by atoms with van der Waals surface area (Å²) in [6.45, 7) is 6.06. The van der Waals surface area contributed by atoms with E-state index >= 15 is 0 Å². The molecular weight excluding hydrogens is 368 g/mol. The minimum atomic E-state index is -0.125. The SMILES string of the molecule is Cc1ccc2c(=O)cc(CSCC(=O)Nc3nnc(C(C)C)s3)[nH]c2c1. The number of anilines is 1. The Bertz CT molecular complexity index is 994. The average molecular weight is 389 g/mol. The fourth-order valence-electron chi connectivity index (χ4n) is 2.43. The third kappa shape index (κ3) is 4.50. The minimum absolute atomic E-state index is 0.00567. The maximum Gasteiger partial charge on any atom is 0.236 e. The lowest BCUT2D eigenvalue weighted by Crippen LogP contribution is -2.14. The van der Waals surface area contributed by atoms with E-state index in [2.05, 4.69) is 20.5 Å². The summed E-state index contributed by atoms with van der Waals surface area (Å²) in [6, 6.07) is 7.32. The summed E-state index contributed by atoms with van der Waals surface area (Å²) in [7, 11) is 0. The van der Waals surface area contributed by atoms with Crippen LogP contribution >= 0.6 is 23.1 Å². The standard InChI is InChI=1S/C18H20N4O2S2/c1-10(2)17-21-22-18(26-17)20-16(24)9-25-8-12-7-15(23)13-5-4-11(3)6-14(13)19-12/h4-7,10H,8-9H2,1-3H3,(H,19,23)(H,20,22,24). The molecule has 2 N–H and O–H groups in total. The van der Waals surface area contributed by atoms with Gasteiger partial charge in [-0.1, -0.05) is 31.3 Å². The van der Waals surface area contributed by atoms with Crippen LogP contribution in [-0.2, 0) is 10.5 Å². The van der Waals surface area contributed by atoms with Crippen LogP contribution in [0.4, 0.5) is 5.13 Å². The molecule has 2 aromatic heterocycles. The molecule has 0 spiro atoms. The number of aromatic amines is 1. The van der Waals surface area contributed by atoms with Crippen molar-refractivity contribution in [3.05, 3.63) is 50.8 Å². The number of nitrogens with zero attached hydrogens (tertiary/aromatic N) is 2. The number of aromatic nitrogens is 3. The van der Waals surface area contributed by atoms with Crippen LogP contribution in [-0.4, -0.2) is 26.8 Å². The molecule has 3 rings (SSSR count). The third-order valence-corrected chi connectivity index (χ3v) is 5.83. The first-order chi connectivity index (χ1) is 12.4. The number of thioether (sulfide) groups is 1. The van der Waals surface area contributed by atoms with Crippen molar-refractivity contribution in [2.45, 2.75) is 32.4 Å². The maximum atomic E-state index is 12.2. The number of carbonyl (C=O) groups is 1. The van der Waals surface area contributed by atoms with Gasteiger partial charge in [0.15, 0.2) is 5.43 Å². The van der Waals surface area contributed by atoms with Crippen molar-refractivity contribution in [2.75, 3.05) is 11.1 Å². The van der Waals surface area contributed by atoms with Crippen molar-refractivity contribution in [3.63, 3.8) is 0 Å². The largest absolute Gasteiger partial charge is 0.357 e. The number of fused-ring (bicyclic) bond motifs is 1. The van der Waals surface area contributed by atoms with Gasteiger partial charge in [-0.3, -0.25) is 14.9 Å². The Morgan fingerprint density at radius 2 is 2.12 bits per heavy atom. The second-order valence-electron chi connectivity index (χ2n) is 6.35. The van der Waals surface area contributed by atoms with E-state index in [9.17, 15) is 9.59 Å². The Morgan fingerprint density at radius 3 is 2.85 bits per heavy atom. The zero-order valence-electron chi connectivity index (χ0n) is 14.8. The molecule has 26 heavy (non-hydrogen) atoms. The zero-order valence-corrected chi connectivity index (χ0v) is 16.5. The molecule has 6 nitrogen and oxygen atoms in total. The summed E-state index contributed by atoms with van der Waals surface area (Å²) in [5.41, 5.74) is 2.72. The van der Waals surface area contributed by atoms with Crippen molar-refractivity contribution in [1.82, 2.24) is 15.2 Å². The van der Waals surface area contributed by atoms with Gasteiger partial charge in [0.2, 0.25) is 11.0 Å². The lowest BCUT2D eigenvalue weighted by Gasteiger charge is -2.05.